The molecule has 0 aliphatic heterocycles. The van der Waals surface area contributed by atoms with E-state index < -0.39 is 0 Å². The van der Waals surface area contributed by atoms with E-state index in [0.29, 0.717) is 13.2 Å². The number of guanidine groups is 1. The molecular formula is C17H30IN3O2. The summed E-state index contributed by atoms with van der Waals surface area (Å²) in [7, 11) is 3.45. The first-order valence-corrected chi connectivity index (χ1v) is 7.64. The maximum atomic E-state index is 5.67. The Labute approximate surface area is 157 Å². The van der Waals surface area contributed by atoms with Crippen LogP contribution in [0.3, 0.4) is 0 Å². The molecule has 1 aromatic rings. The fourth-order valence-corrected chi connectivity index (χ4v) is 1.83. The standard InChI is InChI=1S/C17H29N3O2.HI/c1-17(2,3)20-16(18-4)19-11-6-12-22-13-14-7-9-15(21-5)10-8-14;/h7-10H,6,11-13H2,1-5H3,(H2,18,19,20);1H. The lowest BCUT2D eigenvalue weighted by atomic mass is 10.1. The molecule has 6 heteroatoms. The summed E-state index contributed by atoms with van der Waals surface area (Å²) in [5.74, 6) is 1.69. The zero-order valence-corrected chi connectivity index (χ0v) is 17.1. The maximum absolute atomic E-state index is 5.67. The van der Waals surface area contributed by atoms with E-state index in [0.717, 1.165) is 30.2 Å². The Morgan fingerprint density at radius 3 is 2.35 bits per heavy atom. The Morgan fingerprint density at radius 1 is 1.17 bits per heavy atom. The Balaban J connectivity index is 0.00000484. The second-order valence-electron chi connectivity index (χ2n) is 6.13. The largest absolute Gasteiger partial charge is 0.497 e. The minimum Gasteiger partial charge on any atom is -0.497 e. The highest BCUT2D eigenvalue weighted by atomic mass is 127. The van der Waals surface area contributed by atoms with Gasteiger partial charge < -0.3 is 20.1 Å². The van der Waals surface area contributed by atoms with Crippen LogP contribution >= 0.6 is 24.0 Å². The maximum Gasteiger partial charge on any atom is 0.191 e. The molecule has 0 aromatic heterocycles. The highest BCUT2D eigenvalue weighted by molar-refractivity contribution is 14.0. The number of rotatable bonds is 7. The summed E-state index contributed by atoms with van der Waals surface area (Å²) < 4.78 is 10.8. The average molecular weight is 435 g/mol. The van der Waals surface area contributed by atoms with Gasteiger partial charge in [-0.25, -0.2) is 0 Å². The second-order valence-corrected chi connectivity index (χ2v) is 6.13. The van der Waals surface area contributed by atoms with E-state index >= 15 is 0 Å². The summed E-state index contributed by atoms with van der Waals surface area (Å²) in [6.07, 6.45) is 0.932. The van der Waals surface area contributed by atoms with Crippen molar-refractivity contribution < 1.29 is 9.47 Å². The van der Waals surface area contributed by atoms with Crippen LogP contribution in [0.15, 0.2) is 29.3 Å². The molecule has 0 atom stereocenters. The van der Waals surface area contributed by atoms with Crippen molar-refractivity contribution in [3.05, 3.63) is 29.8 Å². The highest BCUT2D eigenvalue weighted by Gasteiger charge is 2.10. The zero-order valence-electron chi connectivity index (χ0n) is 14.8. The van der Waals surface area contributed by atoms with Gasteiger partial charge in [-0.05, 0) is 44.9 Å². The number of nitrogens with one attached hydrogen (secondary N) is 2. The summed E-state index contributed by atoms with van der Waals surface area (Å²) in [6.45, 7) is 8.50. The van der Waals surface area contributed by atoms with E-state index in [4.69, 9.17) is 9.47 Å². The third-order valence-electron chi connectivity index (χ3n) is 2.90. The van der Waals surface area contributed by atoms with Crippen LogP contribution in [-0.4, -0.2) is 38.8 Å². The molecule has 1 aromatic carbocycles. The Morgan fingerprint density at radius 2 is 1.83 bits per heavy atom. The molecule has 0 aliphatic carbocycles. The normalized spacial score (nSPS) is 11.6. The van der Waals surface area contributed by atoms with Crippen molar-refractivity contribution in [2.75, 3.05) is 27.3 Å². The van der Waals surface area contributed by atoms with Crippen molar-refractivity contribution in [2.45, 2.75) is 39.3 Å². The number of methoxy groups -OCH3 is 1. The number of ether oxygens (including phenoxy) is 2. The van der Waals surface area contributed by atoms with Gasteiger partial charge >= 0.3 is 0 Å². The first kappa shape index (κ1) is 22.0. The number of aliphatic imine (C=N–C) groups is 1. The molecule has 2 N–H and O–H groups in total. The van der Waals surface area contributed by atoms with E-state index in [2.05, 4.69) is 36.4 Å². The topological polar surface area (TPSA) is 54.9 Å². The molecule has 0 radical (unpaired) electrons. The van der Waals surface area contributed by atoms with Crippen molar-refractivity contribution in [2.24, 2.45) is 4.99 Å². The molecule has 0 saturated carbocycles. The lowest BCUT2D eigenvalue weighted by Crippen LogP contribution is -2.47. The van der Waals surface area contributed by atoms with Gasteiger partial charge in [-0.3, -0.25) is 4.99 Å². The Hall–Kier alpha value is -1.02. The predicted octanol–water partition coefficient (Wildman–Crippen LogP) is 3.18. The van der Waals surface area contributed by atoms with Crippen molar-refractivity contribution in [3.63, 3.8) is 0 Å². The van der Waals surface area contributed by atoms with Gasteiger partial charge in [0, 0.05) is 25.7 Å². The monoisotopic (exact) mass is 435 g/mol. The number of halogens is 1. The molecule has 0 fully saturated rings. The van der Waals surface area contributed by atoms with E-state index in [-0.39, 0.29) is 29.5 Å². The third-order valence-corrected chi connectivity index (χ3v) is 2.90. The summed E-state index contributed by atoms with van der Waals surface area (Å²) in [5.41, 5.74) is 1.16. The van der Waals surface area contributed by atoms with Crippen molar-refractivity contribution in [1.82, 2.24) is 10.6 Å². The molecule has 1 rings (SSSR count). The fourth-order valence-electron chi connectivity index (χ4n) is 1.83. The van der Waals surface area contributed by atoms with Crippen LogP contribution < -0.4 is 15.4 Å². The second kappa shape index (κ2) is 11.5. The van der Waals surface area contributed by atoms with Gasteiger partial charge in [0.05, 0.1) is 13.7 Å². The Bertz CT molecular complexity index is 456. The van der Waals surface area contributed by atoms with Gasteiger partial charge in [0.15, 0.2) is 5.96 Å². The van der Waals surface area contributed by atoms with Gasteiger partial charge in [0.2, 0.25) is 0 Å². The Kier molecular flexibility index (Phi) is 11.0. The van der Waals surface area contributed by atoms with E-state index in [1.54, 1.807) is 14.2 Å². The van der Waals surface area contributed by atoms with Crippen molar-refractivity contribution >= 4 is 29.9 Å². The molecule has 0 unspecified atom stereocenters. The molecule has 132 valence electrons. The number of hydrogen-bond donors (Lipinski definition) is 2. The SMILES string of the molecule is CN=C(NCCCOCc1ccc(OC)cc1)NC(C)(C)C.I. The average Bonchev–Trinajstić information content (AvgIpc) is 2.48. The predicted molar refractivity (Wildman–Crippen MR) is 107 cm³/mol. The smallest absolute Gasteiger partial charge is 0.191 e. The van der Waals surface area contributed by atoms with E-state index in [1.807, 2.05) is 24.3 Å². The van der Waals surface area contributed by atoms with Crippen molar-refractivity contribution in [1.29, 1.82) is 0 Å². The lowest BCUT2D eigenvalue weighted by Gasteiger charge is -2.23. The molecule has 0 spiro atoms. The summed E-state index contributed by atoms with van der Waals surface area (Å²) in [6, 6.07) is 7.93. The van der Waals surface area contributed by atoms with Gasteiger partial charge in [0.25, 0.3) is 0 Å². The van der Waals surface area contributed by atoms with Gasteiger partial charge in [-0.1, -0.05) is 12.1 Å². The molecule has 0 heterocycles. The first-order valence-electron chi connectivity index (χ1n) is 7.64. The third kappa shape index (κ3) is 10.4. The molecule has 23 heavy (non-hydrogen) atoms. The highest BCUT2D eigenvalue weighted by Crippen LogP contribution is 2.11. The van der Waals surface area contributed by atoms with E-state index in [1.165, 1.54) is 0 Å². The minimum atomic E-state index is 0. The van der Waals surface area contributed by atoms with Crippen LogP contribution in [0.1, 0.15) is 32.8 Å². The fraction of sp³-hybridized carbons (Fsp3) is 0.588. The van der Waals surface area contributed by atoms with Gasteiger partial charge in [0.1, 0.15) is 5.75 Å². The van der Waals surface area contributed by atoms with Crippen LogP contribution in [0.2, 0.25) is 0 Å². The van der Waals surface area contributed by atoms with Crippen LogP contribution in [0.4, 0.5) is 0 Å². The summed E-state index contributed by atoms with van der Waals surface area (Å²) in [4.78, 5) is 4.20. The number of benzene rings is 1. The quantitative estimate of drug-likeness (QED) is 0.299. The zero-order chi connectivity index (χ0) is 16.4. The summed E-state index contributed by atoms with van der Waals surface area (Å²) in [5, 5.41) is 6.60. The van der Waals surface area contributed by atoms with Gasteiger partial charge in [-0.15, -0.1) is 24.0 Å². The minimum absolute atomic E-state index is 0. The molecule has 0 amide bonds. The van der Waals surface area contributed by atoms with Crippen LogP contribution in [0.25, 0.3) is 0 Å². The van der Waals surface area contributed by atoms with Gasteiger partial charge in [-0.2, -0.15) is 0 Å². The lowest BCUT2D eigenvalue weighted by molar-refractivity contribution is 0.119. The van der Waals surface area contributed by atoms with Crippen LogP contribution in [-0.2, 0) is 11.3 Å². The molecule has 0 saturated heterocycles. The molecular weight excluding hydrogens is 405 g/mol. The van der Waals surface area contributed by atoms with Crippen LogP contribution in [0, 0.1) is 0 Å². The van der Waals surface area contributed by atoms with Crippen LogP contribution in [0.5, 0.6) is 5.75 Å². The van der Waals surface area contributed by atoms with Crippen molar-refractivity contribution in [3.8, 4) is 5.75 Å². The molecule has 0 bridgehead atoms. The van der Waals surface area contributed by atoms with E-state index in [9.17, 15) is 0 Å². The molecule has 0 aliphatic rings. The summed E-state index contributed by atoms with van der Waals surface area (Å²) >= 11 is 0. The molecule has 5 nitrogen and oxygen atoms in total. The number of nitrogens with zero attached hydrogens (tertiary/aromatic N) is 1. The first-order chi connectivity index (χ1) is 10.4. The number of hydrogen-bond acceptors (Lipinski definition) is 3.